The Morgan fingerprint density at radius 1 is 1.45 bits per heavy atom. The molecule has 0 aromatic carbocycles. The third-order valence-electron chi connectivity index (χ3n) is 1.23. The van der Waals surface area contributed by atoms with Crippen LogP contribution in [0.3, 0.4) is 0 Å². The quantitative estimate of drug-likeness (QED) is 0.488. The van der Waals surface area contributed by atoms with E-state index in [2.05, 4.69) is 10.3 Å². The van der Waals surface area contributed by atoms with E-state index < -0.39 is 0 Å². The molecule has 1 heterocycles. The van der Waals surface area contributed by atoms with E-state index in [0.717, 1.165) is 0 Å². The molecule has 1 rings (SSSR count). The molecule has 0 bridgehead atoms. The fourth-order valence-electron chi connectivity index (χ4n) is 0.731. The van der Waals surface area contributed by atoms with Gasteiger partial charge < -0.3 is 5.32 Å². The molecule has 0 aromatic rings. The van der Waals surface area contributed by atoms with E-state index in [1.807, 2.05) is 0 Å². The summed E-state index contributed by atoms with van der Waals surface area (Å²) in [6.07, 6.45) is 2.75. The maximum absolute atomic E-state index is 10.2. The lowest BCUT2D eigenvalue weighted by atomic mass is 10.3. The highest BCUT2D eigenvalue weighted by Crippen LogP contribution is 2.03. The first-order valence-electron chi connectivity index (χ1n) is 3.15. The van der Waals surface area contributed by atoms with Crippen LogP contribution >= 0.6 is 0 Å². The summed E-state index contributed by atoms with van der Waals surface area (Å²) in [5.74, 6) is 3.29. The number of hydrogen-bond donors (Lipinski definition) is 1. The number of aliphatic imine (C=N–C) groups is 1. The van der Waals surface area contributed by atoms with Crippen molar-refractivity contribution in [2.75, 3.05) is 0 Å². The Labute approximate surface area is 63.3 Å². The van der Waals surface area contributed by atoms with Gasteiger partial charge in [-0.3, -0.25) is 0 Å². The van der Waals surface area contributed by atoms with Gasteiger partial charge in [0.2, 0.25) is 5.82 Å². The molecule has 4 nitrogen and oxygen atoms in total. The molecule has 1 aliphatic heterocycles. The molecule has 0 amide bonds. The maximum Gasteiger partial charge on any atom is 0.217 e. The molecular formula is C7H6N2O2. The van der Waals surface area contributed by atoms with Gasteiger partial charge in [0.1, 0.15) is 11.6 Å². The zero-order valence-corrected chi connectivity index (χ0v) is 5.76. The van der Waals surface area contributed by atoms with Crippen LogP contribution < -0.4 is 5.32 Å². The lowest BCUT2D eigenvalue weighted by molar-refractivity contribution is 0.562. The van der Waals surface area contributed by atoms with Crippen molar-refractivity contribution in [2.45, 2.75) is 12.8 Å². The summed E-state index contributed by atoms with van der Waals surface area (Å²) in [6, 6.07) is 0. The molecule has 11 heavy (non-hydrogen) atoms. The summed E-state index contributed by atoms with van der Waals surface area (Å²) in [5, 5.41) is 2.50. The van der Waals surface area contributed by atoms with Crippen LogP contribution in [0.2, 0.25) is 0 Å². The number of allylic oxidation sites excluding steroid dienone is 1. The van der Waals surface area contributed by atoms with Gasteiger partial charge in [-0.05, 0) is 6.42 Å². The first kappa shape index (κ1) is 7.48. The Bertz CT molecular complexity index is 281. The Balaban J connectivity index is 2.88. The van der Waals surface area contributed by atoms with Crippen LogP contribution in [0.1, 0.15) is 12.8 Å². The number of rotatable bonds is 0. The third-order valence-corrected chi connectivity index (χ3v) is 1.23. The molecule has 0 spiro atoms. The van der Waals surface area contributed by atoms with Crippen molar-refractivity contribution in [1.29, 1.82) is 0 Å². The van der Waals surface area contributed by atoms with Crippen molar-refractivity contribution in [3.63, 3.8) is 0 Å². The van der Waals surface area contributed by atoms with Gasteiger partial charge in [-0.2, -0.15) is 0 Å². The average Bonchev–Trinajstić information content (AvgIpc) is 2.28. The highest BCUT2D eigenvalue weighted by molar-refractivity contribution is 5.67. The molecule has 1 N–H and O–H groups in total. The average molecular weight is 150 g/mol. The molecule has 0 aromatic heterocycles. The van der Waals surface area contributed by atoms with Crippen molar-refractivity contribution in [3.8, 4) is 0 Å². The number of hydrogen-bond acceptors (Lipinski definition) is 4. The zero-order valence-electron chi connectivity index (χ0n) is 5.76. The summed E-state index contributed by atoms with van der Waals surface area (Å²) in [4.78, 5) is 23.9. The lowest BCUT2D eigenvalue weighted by Crippen LogP contribution is -2.10. The topological polar surface area (TPSA) is 58.5 Å². The number of nitrogens with zero attached hydrogens (tertiary/aromatic N) is 1. The van der Waals surface area contributed by atoms with Gasteiger partial charge in [-0.15, -0.1) is 0 Å². The summed E-state index contributed by atoms with van der Waals surface area (Å²) in [7, 11) is 0. The lowest BCUT2D eigenvalue weighted by Gasteiger charge is -1.97. The van der Waals surface area contributed by atoms with E-state index in [9.17, 15) is 9.59 Å². The highest BCUT2D eigenvalue weighted by atomic mass is 16.1. The smallest absolute Gasteiger partial charge is 0.217 e. The normalized spacial score (nSPS) is 16.4. The van der Waals surface area contributed by atoms with E-state index in [1.54, 1.807) is 18.1 Å². The Kier molecular flexibility index (Phi) is 2.39. The Hall–Kier alpha value is -1.63. The second-order valence-electron chi connectivity index (χ2n) is 2.01. The Morgan fingerprint density at radius 2 is 2.27 bits per heavy atom. The zero-order chi connectivity index (χ0) is 8.10. The van der Waals surface area contributed by atoms with E-state index in [-0.39, 0.29) is 5.82 Å². The minimum atomic E-state index is 0.0425. The van der Waals surface area contributed by atoms with Gasteiger partial charge in [-0.25, -0.2) is 14.6 Å². The highest BCUT2D eigenvalue weighted by Gasteiger charge is 2.04. The standard InChI is InChI=1S/C7H6N2O2/c10-4-6-2-1-3-8-7(5-11)9-6/h3,9H,1-2H2. The van der Waals surface area contributed by atoms with Crippen LogP contribution in [0.15, 0.2) is 16.5 Å². The van der Waals surface area contributed by atoms with E-state index >= 15 is 0 Å². The van der Waals surface area contributed by atoms with Crippen molar-refractivity contribution >= 4 is 18.1 Å². The predicted octanol–water partition coefficient (Wildman–Crippen LogP) is -0.171. The second-order valence-corrected chi connectivity index (χ2v) is 2.01. The van der Waals surface area contributed by atoms with Crippen molar-refractivity contribution in [1.82, 2.24) is 5.32 Å². The van der Waals surface area contributed by atoms with Crippen LogP contribution in [0.4, 0.5) is 0 Å². The van der Waals surface area contributed by atoms with Crippen molar-refractivity contribution < 1.29 is 9.59 Å². The predicted molar refractivity (Wildman–Crippen MR) is 39.3 cm³/mol. The van der Waals surface area contributed by atoms with Crippen LogP contribution in [-0.4, -0.2) is 18.1 Å². The van der Waals surface area contributed by atoms with Gasteiger partial charge in [-0.1, -0.05) is 0 Å². The number of nitrogens with one attached hydrogen (secondary N) is 1. The molecule has 0 atom stereocenters. The van der Waals surface area contributed by atoms with Crippen LogP contribution in [-0.2, 0) is 9.59 Å². The SMILES string of the molecule is O=C=C1CCC=NC(=C=O)N1. The molecule has 0 unspecified atom stereocenters. The number of carbonyl (C=O) groups excluding carboxylic acids is 2. The molecule has 0 fully saturated rings. The second kappa shape index (κ2) is 3.52. The molecule has 0 aliphatic carbocycles. The molecule has 4 heteroatoms. The van der Waals surface area contributed by atoms with Gasteiger partial charge in [0.25, 0.3) is 0 Å². The molecule has 56 valence electrons. The van der Waals surface area contributed by atoms with Crippen LogP contribution in [0.25, 0.3) is 0 Å². The van der Waals surface area contributed by atoms with Crippen molar-refractivity contribution in [2.24, 2.45) is 4.99 Å². The summed E-state index contributed by atoms with van der Waals surface area (Å²) < 4.78 is 0. The fourth-order valence-corrected chi connectivity index (χ4v) is 0.731. The fraction of sp³-hybridized carbons (Fsp3) is 0.286. The first-order valence-corrected chi connectivity index (χ1v) is 3.15. The molecule has 0 radical (unpaired) electrons. The van der Waals surface area contributed by atoms with Gasteiger partial charge >= 0.3 is 0 Å². The molecular weight excluding hydrogens is 144 g/mol. The van der Waals surface area contributed by atoms with Crippen LogP contribution in [0.5, 0.6) is 0 Å². The van der Waals surface area contributed by atoms with Crippen molar-refractivity contribution in [3.05, 3.63) is 11.5 Å². The van der Waals surface area contributed by atoms with Gasteiger partial charge in [0.05, 0.1) is 0 Å². The largest absolute Gasteiger partial charge is 0.325 e. The van der Waals surface area contributed by atoms with Gasteiger partial charge in [0.15, 0.2) is 5.94 Å². The van der Waals surface area contributed by atoms with Gasteiger partial charge in [0, 0.05) is 12.6 Å². The van der Waals surface area contributed by atoms with E-state index in [0.29, 0.717) is 18.5 Å². The summed E-state index contributed by atoms with van der Waals surface area (Å²) in [6.45, 7) is 0. The first-order chi connectivity index (χ1) is 5.36. The third kappa shape index (κ3) is 1.90. The van der Waals surface area contributed by atoms with E-state index in [4.69, 9.17) is 0 Å². The molecule has 1 aliphatic rings. The maximum atomic E-state index is 10.2. The minimum absolute atomic E-state index is 0.0425. The van der Waals surface area contributed by atoms with Crippen LogP contribution in [0, 0.1) is 0 Å². The summed E-state index contributed by atoms with van der Waals surface area (Å²) >= 11 is 0. The summed E-state index contributed by atoms with van der Waals surface area (Å²) in [5.41, 5.74) is 0.348. The molecule has 0 saturated carbocycles. The van der Waals surface area contributed by atoms with E-state index in [1.165, 1.54) is 0 Å². The Morgan fingerprint density at radius 3 is 2.91 bits per heavy atom. The minimum Gasteiger partial charge on any atom is -0.325 e. The molecule has 0 saturated heterocycles. The monoisotopic (exact) mass is 150 g/mol.